The Bertz CT molecular complexity index is 2520. The molecule has 3 aromatic heterocycles. The molecule has 6 bridgehead atoms. The van der Waals surface area contributed by atoms with Gasteiger partial charge in [-0.15, -0.1) is 0 Å². The summed E-state index contributed by atoms with van der Waals surface area (Å²) in [5, 5.41) is 30.5. The van der Waals surface area contributed by atoms with E-state index in [2.05, 4.69) is 20.6 Å². The second kappa shape index (κ2) is 13.5. The summed E-state index contributed by atoms with van der Waals surface area (Å²) in [7, 11) is 0. The number of amides is 2. The van der Waals surface area contributed by atoms with Gasteiger partial charge in [-0.2, -0.15) is 4.98 Å². The number of hydrogen-bond donors (Lipinski definition) is 6. The van der Waals surface area contributed by atoms with Crippen LogP contribution in [0.3, 0.4) is 0 Å². The monoisotopic (exact) mass is 782 g/mol. The number of carbonyl (C=O) groups excluding carboxylic acids is 2. The number of aromatic amines is 1. The molecule has 4 atom stereocenters. The van der Waals surface area contributed by atoms with Gasteiger partial charge in [-0.3, -0.25) is 9.59 Å². The van der Waals surface area contributed by atoms with Crippen LogP contribution in [0.1, 0.15) is 75.4 Å². The number of phenols is 2. The minimum atomic E-state index is -1.40. The van der Waals surface area contributed by atoms with E-state index in [1.807, 2.05) is 65.0 Å². The Morgan fingerprint density at radius 3 is 2.55 bits per heavy atom. The largest absolute Gasteiger partial charge is 0.508 e. The van der Waals surface area contributed by atoms with Crippen molar-refractivity contribution < 1.29 is 28.6 Å². The number of rotatable bonds is 5. The minimum absolute atomic E-state index is 0.00326. The molecule has 1 unspecified atom stereocenters. The van der Waals surface area contributed by atoms with Crippen LogP contribution in [0.15, 0.2) is 63.4 Å². The molecule has 284 valence electrons. The van der Waals surface area contributed by atoms with Gasteiger partial charge in [-0.05, 0) is 64.8 Å². The molecule has 0 radical (unpaired) electrons. The molecule has 12 nitrogen and oxygen atoms in total. The molecule has 14 heteroatoms. The van der Waals surface area contributed by atoms with Crippen LogP contribution in [-0.2, 0) is 21.4 Å². The number of nitrogens with one attached hydrogen (secondary N) is 3. The average Bonchev–Trinajstić information content (AvgIpc) is 3.84. The maximum Gasteiger partial charge on any atom is 0.250 e. The number of aromatic nitrogens is 3. The molecule has 0 saturated heterocycles. The number of fused-ring (bicyclic) bond motifs is 4. The topological polar surface area (TPSA) is 193 Å². The summed E-state index contributed by atoms with van der Waals surface area (Å²) >= 11 is 13.8. The first-order valence-corrected chi connectivity index (χ1v) is 19.0. The normalized spacial score (nSPS) is 19.6. The molecule has 3 aromatic carbocycles. The number of H-pyrrole nitrogens is 1. The van der Waals surface area contributed by atoms with Gasteiger partial charge in [0.25, 0.3) is 5.89 Å². The molecule has 55 heavy (non-hydrogen) atoms. The predicted molar refractivity (Wildman–Crippen MR) is 209 cm³/mol. The number of halogens is 2. The quantitative estimate of drug-likeness (QED) is 0.101. The van der Waals surface area contributed by atoms with Crippen LogP contribution in [0, 0.1) is 11.8 Å². The second-order valence-electron chi connectivity index (χ2n) is 15.0. The fourth-order valence-electron chi connectivity index (χ4n) is 8.03. The number of nitrogens with zero attached hydrogens (tertiary/aromatic N) is 2. The number of nitrogens with two attached hydrogens (primary N) is 1. The SMILES string of the molecule is CC[C@@]12c3ccc(cc3O)-c3cccc4[nH]c(Cl)c(c34)-c3oc(nc3Cl)-c3nc(oc31)[C@@H](C(C)C)NC(=O)[C@H](NC(=O)C(N)C(C)C)Cc1ccc(O)cc12. The highest BCUT2D eigenvalue weighted by Crippen LogP contribution is 2.54. The van der Waals surface area contributed by atoms with E-state index in [0.717, 1.165) is 5.56 Å². The Labute approximate surface area is 326 Å². The number of oxazole rings is 2. The van der Waals surface area contributed by atoms with E-state index in [-0.39, 0.29) is 75.5 Å². The van der Waals surface area contributed by atoms with Crippen molar-refractivity contribution in [3.8, 4) is 45.5 Å². The van der Waals surface area contributed by atoms with Crippen molar-refractivity contribution in [2.24, 2.45) is 17.6 Å². The number of phenolic OH excluding ortho intramolecular Hbond substituents is 2. The van der Waals surface area contributed by atoms with Crippen molar-refractivity contribution >= 4 is 45.9 Å². The van der Waals surface area contributed by atoms with Crippen molar-refractivity contribution in [3.05, 3.63) is 93.2 Å². The van der Waals surface area contributed by atoms with Crippen molar-refractivity contribution in [1.82, 2.24) is 25.6 Å². The third kappa shape index (κ3) is 5.77. The van der Waals surface area contributed by atoms with Gasteiger partial charge in [-0.25, -0.2) is 4.98 Å². The minimum Gasteiger partial charge on any atom is -0.508 e. The van der Waals surface area contributed by atoms with E-state index in [0.29, 0.717) is 38.7 Å². The fourth-order valence-corrected chi connectivity index (χ4v) is 8.52. The lowest BCUT2D eigenvalue weighted by Crippen LogP contribution is -2.54. The van der Waals surface area contributed by atoms with Gasteiger partial charge >= 0.3 is 0 Å². The molecule has 3 aliphatic rings. The van der Waals surface area contributed by atoms with Crippen molar-refractivity contribution in [1.29, 1.82) is 0 Å². The zero-order valence-corrected chi connectivity index (χ0v) is 32.3. The van der Waals surface area contributed by atoms with Crippen molar-refractivity contribution in [2.75, 3.05) is 0 Å². The molecule has 0 spiro atoms. The molecule has 0 saturated carbocycles. The van der Waals surface area contributed by atoms with E-state index in [9.17, 15) is 19.8 Å². The Hall–Kier alpha value is -5.30. The Morgan fingerprint density at radius 1 is 1.05 bits per heavy atom. The summed E-state index contributed by atoms with van der Waals surface area (Å²) in [6.07, 6.45) is 0.257. The summed E-state index contributed by atoms with van der Waals surface area (Å²) in [4.78, 5) is 40.7. The van der Waals surface area contributed by atoms with Gasteiger partial charge in [0.1, 0.15) is 28.7 Å². The molecular weight excluding hydrogens is 743 g/mol. The number of hydrogen-bond acceptors (Lipinski definition) is 9. The van der Waals surface area contributed by atoms with Gasteiger partial charge in [0, 0.05) is 22.9 Å². The molecule has 0 aliphatic carbocycles. The second-order valence-corrected chi connectivity index (χ2v) is 15.7. The third-order valence-corrected chi connectivity index (χ3v) is 11.5. The zero-order valence-electron chi connectivity index (χ0n) is 30.8. The molecule has 3 aliphatic heterocycles. The Kier molecular flexibility index (Phi) is 8.98. The van der Waals surface area contributed by atoms with Crippen molar-refractivity contribution in [3.63, 3.8) is 0 Å². The van der Waals surface area contributed by atoms with Crippen LogP contribution in [-0.4, -0.2) is 49.1 Å². The van der Waals surface area contributed by atoms with Gasteiger partial charge in [0.05, 0.1) is 17.0 Å². The van der Waals surface area contributed by atoms with Crippen molar-refractivity contribution in [2.45, 2.75) is 71.0 Å². The molecule has 7 N–H and O–H groups in total. The van der Waals surface area contributed by atoms with Crippen LogP contribution in [0.25, 0.3) is 44.9 Å². The van der Waals surface area contributed by atoms with Gasteiger partial charge in [0.2, 0.25) is 17.7 Å². The highest BCUT2D eigenvalue weighted by molar-refractivity contribution is 6.37. The third-order valence-electron chi connectivity index (χ3n) is 11.0. The highest BCUT2D eigenvalue weighted by Gasteiger charge is 2.48. The lowest BCUT2D eigenvalue weighted by atomic mass is 9.67. The van der Waals surface area contributed by atoms with E-state index < -0.39 is 35.4 Å². The maximum atomic E-state index is 14.3. The van der Waals surface area contributed by atoms with Gasteiger partial charge in [-0.1, -0.05) is 88.2 Å². The van der Waals surface area contributed by atoms with Crippen LogP contribution < -0.4 is 16.4 Å². The van der Waals surface area contributed by atoms with E-state index in [1.165, 1.54) is 6.07 Å². The average molecular weight is 784 g/mol. The zero-order chi connectivity index (χ0) is 39.1. The molecular formula is C41H40Cl2N6O6. The van der Waals surface area contributed by atoms with Gasteiger partial charge < -0.3 is 40.4 Å². The number of benzene rings is 3. The smallest absolute Gasteiger partial charge is 0.250 e. The lowest BCUT2D eigenvalue weighted by Gasteiger charge is -2.35. The number of aromatic hydroxyl groups is 2. The van der Waals surface area contributed by atoms with E-state index in [1.54, 1.807) is 18.2 Å². The van der Waals surface area contributed by atoms with Crippen LogP contribution >= 0.6 is 23.2 Å². The molecule has 9 rings (SSSR count). The van der Waals surface area contributed by atoms with E-state index in [4.69, 9.17) is 42.8 Å². The maximum absolute atomic E-state index is 14.3. The van der Waals surface area contributed by atoms with Gasteiger partial charge in [0.15, 0.2) is 22.4 Å². The molecule has 6 aromatic rings. The highest BCUT2D eigenvalue weighted by atomic mass is 35.5. The summed E-state index contributed by atoms with van der Waals surface area (Å²) in [6.45, 7) is 9.40. The standard InChI is InChI=1S/C41H40Cl2N6O6/c1-6-41-23-13-11-19(15-27(23)51)22-8-7-9-25-28(22)29(35(42)45-25)33-36(43)49-40(54-33)32-34(41)55-39(48-32)31(18(4)5)47-37(52)26(46-38(53)30(44)17(2)3)14-20-10-12-21(50)16-24(20)41/h7-13,15-18,26,30-31,45,50-51H,6,14,44H2,1-5H3,(H,46,53)(H,47,52)/t26-,30?,31-,41+/m1/s1. The predicted octanol–water partition coefficient (Wildman–Crippen LogP) is 7.76. The molecule has 0 fully saturated rings. The molecule has 2 amide bonds. The Balaban J connectivity index is 1.49. The lowest BCUT2D eigenvalue weighted by molar-refractivity contribution is -0.130. The first-order valence-electron chi connectivity index (χ1n) is 18.2. The summed E-state index contributed by atoms with van der Waals surface area (Å²) in [5.74, 6) is -0.987. The summed E-state index contributed by atoms with van der Waals surface area (Å²) < 4.78 is 13.4. The number of carbonyl (C=O) groups is 2. The first-order chi connectivity index (χ1) is 26.2. The van der Waals surface area contributed by atoms with E-state index >= 15 is 0 Å². The molecule has 6 heterocycles. The first kappa shape index (κ1) is 36.7. The van der Waals surface area contributed by atoms with Crippen LogP contribution in [0.5, 0.6) is 11.5 Å². The van der Waals surface area contributed by atoms with Crippen LogP contribution in [0.2, 0.25) is 10.3 Å². The fraction of sp³-hybridized carbons (Fsp3) is 0.317. The van der Waals surface area contributed by atoms with Crippen LogP contribution in [0.4, 0.5) is 0 Å². The Morgan fingerprint density at radius 2 is 1.84 bits per heavy atom. The summed E-state index contributed by atoms with van der Waals surface area (Å²) in [5.41, 5.74) is 9.14. The summed E-state index contributed by atoms with van der Waals surface area (Å²) in [6, 6.07) is 13.2.